The van der Waals surface area contributed by atoms with Crippen molar-refractivity contribution in [3.8, 4) is 11.1 Å². The molecule has 1 nitrogen and oxygen atoms in total. The highest BCUT2D eigenvalue weighted by atomic mass is 28.3. The molecule has 2 heterocycles. The first-order chi connectivity index (χ1) is 12.7. The minimum Gasteiger partial charge on any atom is -0.354 e. The summed E-state index contributed by atoms with van der Waals surface area (Å²) >= 11 is 0. The molecule has 0 atom stereocenters. The van der Waals surface area contributed by atoms with Crippen LogP contribution in [0, 0.1) is 0 Å². The third kappa shape index (κ3) is 1.61. The Kier molecular flexibility index (Phi) is 2.57. The lowest BCUT2D eigenvalue weighted by atomic mass is 9.99. The van der Waals surface area contributed by atoms with Crippen LogP contribution >= 0.6 is 0 Å². The van der Waals surface area contributed by atoms with E-state index in [4.69, 9.17) is 0 Å². The highest BCUT2D eigenvalue weighted by Crippen LogP contribution is 2.36. The van der Waals surface area contributed by atoms with E-state index in [9.17, 15) is 0 Å². The average Bonchev–Trinajstić information content (AvgIpc) is 3.16. The fraction of sp³-hybridized carbons (Fsp3) is 0.0833. The molecule has 1 aromatic heterocycles. The van der Waals surface area contributed by atoms with Gasteiger partial charge in [0.1, 0.15) is 8.07 Å². The van der Waals surface area contributed by atoms with Crippen molar-refractivity contribution in [3.05, 3.63) is 72.8 Å². The van der Waals surface area contributed by atoms with E-state index in [-0.39, 0.29) is 0 Å². The summed E-state index contributed by atoms with van der Waals surface area (Å²) in [6.07, 6.45) is 0. The number of nitrogens with one attached hydrogen (secondary N) is 1. The number of H-pyrrole nitrogens is 1. The quantitative estimate of drug-likeness (QED) is 0.366. The van der Waals surface area contributed by atoms with E-state index in [2.05, 4.69) is 90.9 Å². The fourth-order valence-electron chi connectivity index (χ4n) is 5.01. The van der Waals surface area contributed by atoms with Gasteiger partial charge < -0.3 is 4.98 Å². The molecule has 0 saturated carbocycles. The van der Waals surface area contributed by atoms with E-state index >= 15 is 0 Å². The maximum atomic E-state index is 3.74. The predicted molar refractivity (Wildman–Crippen MR) is 115 cm³/mol. The Morgan fingerprint density at radius 1 is 0.692 bits per heavy atom. The number of para-hydroxylation sites is 1. The predicted octanol–water partition coefficient (Wildman–Crippen LogP) is 5.28. The summed E-state index contributed by atoms with van der Waals surface area (Å²) in [6.45, 7) is 5.00. The minimum atomic E-state index is -1.73. The normalized spacial score (nSPS) is 14.8. The maximum absolute atomic E-state index is 3.74. The highest BCUT2D eigenvalue weighted by molar-refractivity contribution is 7.05. The monoisotopic (exact) mass is 349 g/mol. The fourth-order valence-corrected chi connectivity index (χ4v) is 8.46. The van der Waals surface area contributed by atoms with Crippen LogP contribution in [0.15, 0.2) is 72.8 Å². The van der Waals surface area contributed by atoms with Crippen molar-refractivity contribution in [1.29, 1.82) is 0 Å². The van der Waals surface area contributed by atoms with Gasteiger partial charge in [-0.25, -0.2) is 0 Å². The van der Waals surface area contributed by atoms with Crippen LogP contribution in [0.2, 0.25) is 13.1 Å². The van der Waals surface area contributed by atoms with Gasteiger partial charge in [0.2, 0.25) is 0 Å². The molecule has 0 aliphatic carbocycles. The standard InChI is InChI=1S/C24H19NSi/c1-26(2)21-10-6-4-8-17(21)19-14-12-15-11-13-18-16-7-3-5-9-20(16)25-23(18)22(15)24(19)26/h3-14,25H,1-2H3. The van der Waals surface area contributed by atoms with E-state index in [1.54, 1.807) is 10.4 Å². The van der Waals surface area contributed by atoms with Gasteiger partial charge in [-0.05, 0) is 33.0 Å². The van der Waals surface area contributed by atoms with Gasteiger partial charge in [-0.1, -0.05) is 79.8 Å². The van der Waals surface area contributed by atoms with Gasteiger partial charge in [0.05, 0.1) is 5.52 Å². The summed E-state index contributed by atoms with van der Waals surface area (Å²) in [4.78, 5) is 3.74. The zero-order valence-corrected chi connectivity index (χ0v) is 15.9. The highest BCUT2D eigenvalue weighted by Gasteiger charge is 2.39. The van der Waals surface area contributed by atoms with E-state index in [1.165, 1.54) is 43.7 Å². The molecule has 4 aromatic carbocycles. The van der Waals surface area contributed by atoms with Crippen molar-refractivity contribution >= 4 is 51.0 Å². The summed E-state index contributed by atoms with van der Waals surface area (Å²) in [7, 11) is -1.73. The number of aromatic amines is 1. The second-order valence-corrected chi connectivity index (χ2v) is 12.2. The molecule has 1 N–H and O–H groups in total. The first-order valence-electron chi connectivity index (χ1n) is 9.23. The van der Waals surface area contributed by atoms with Crippen LogP contribution in [0.4, 0.5) is 0 Å². The molecule has 0 saturated heterocycles. The summed E-state index contributed by atoms with van der Waals surface area (Å²) in [6, 6.07) is 26.9. The van der Waals surface area contributed by atoms with Crippen molar-refractivity contribution in [2.75, 3.05) is 0 Å². The molecule has 124 valence electrons. The van der Waals surface area contributed by atoms with E-state index in [0.29, 0.717) is 0 Å². The van der Waals surface area contributed by atoms with Gasteiger partial charge in [-0.2, -0.15) is 0 Å². The molecule has 0 bridgehead atoms. The van der Waals surface area contributed by atoms with Gasteiger partial charge in [-0.3, -0.25) is 0 Å². The van der Waals surface area contributed by atoms with Crippen LogP contribution in [0.5, 0.6) is 0 Å². The lowest BCUT2D eigenvalue weighted by molar-refractivity contribution is 1.56. The molecular formula is C24H19NSi. The summed E-state index contributed by atoms with van der Waals surface area (Å²) in [5, 5.41) is 8.59. The lowest BCUT2D eigenvalue weighted by Crippen LogP contribution is -2.49. The Morgan fingerprint density at radius 3 is 2.38 bits per heavy atom. The van der Waals surface area contributed by atoms with E-state index in [1.807, 2.05) is 0 Å². The topological polar surface area (TPSA) is 15.8 Å². The smallest absolute Gasteiger partial charge is 0.114 e. The number of fused-ring (bicyclic) bond motifs is 9. The Balaban J connectivity index is 1.87. The zero-order valence-electron chi connectivity index (χ0n) is 14.9. The molecular weight excluding hydrogens is 330 g/mol. The third-order valence-electron chi connectivity index (χ3n) is 6.18. The van der Waals surface area contributed by atoms with Crippen molar-refractivity contribution < 1.29 is 0 Å². The van der Waals surface area contributed by atoms with Gasteiger partial charge in [-0.15, -0.1) is 0 Å². The Labute approximate surface area is 153 Å². The van der Waals surface area contributed by atoms with Crippen LogP contribution in [0.25, 0.3) is 43.7 Å². The number of hydrogen-bond acceptors (Lipinski definition) is 0. The molecule has 5 aromatic rings. The van der Waals surface area contributed by atoms with E-state index in [0.717, 1.165) is 0 Å². The summed E-state index contributed by atoms with van der Waals surface area (Å²) < 4.78 is 0. The van der Waals surface area contributed by atoms with Crippen molar-refractivity contribution in [1.82, 2.24) is 4.98 Å². The maximum Gasteiger partial charge on any atom is 0.114 e. The van der Waals surface area contributed by atoms with Crippen molar-refractivity contribution in [3.63, 3.8) is 0 Å². The Hall–Kier alpha value is -2.84. The molecule has 0 radical (unpaired) electrons. The minimum absolute atomic E-state index is 1.22. The molecule has 1 aliphatic heterocycles. The van der Waals surface area contributed by atoms with Crippen molar-refractivity contribution in [2.24, 2.45) is 0 Å². The molecule has 6 rings (SSSR count). The number of benzene rings is 4. The summed E-state index contributed by atoms with van der Waals surface area (Å²) in [5.41, 5.74) is 5.40. The molecule has 26 heavy (non-hydrogen) atoms. The Bertz CT molecular complexity index is 1360. The van der Waals surface area contributed by atoms with Crippen molar-refractivity contribution in [2.45, 2.75) is 13.1 Å². The second kappa shape index (κ2) is 4.66. The molecule has 0 unspecified atom stereocenters. The Morgan fingerprint density at radius 2 is 1.46 bits per heavy atom. The molecule has 0 amide bonds. The van der Waals surface area contributed by atoms with Gasteiger partial charge in [0, 0.05) is 21.7 Å². The number of aromatic nitrogens is 1. The summed E-state index contributed by atoms with van der Waals surface area (Å²) in [5.74, 6) is 0. The van der Waals surface area contributed by atoms with Crippen LogP contribution in [0.3, 0.4) is 0 Å². The van der Waals surface area contributed by atoms with Crippen LogP contribution in [-0.4, -0.2) is 13.1 Å². The van der Waals surface area contributed by atoms with Gasteiger partial charge in [0.25, 0.3) is 0 Å². The van der Waals surface area contributed by atoms with Crippen LogP contribution in [-0.2, 0) is 0 Å². The molecule has 2 heteroatoms. The third-order valence-corrected chi connectivity index (χ3v) is 9.73. The van der Waals surface area contributed by atoms with Crippen LogP contribution in [0.1, 0.15) is 0 Å². The largest absolute Gasteiger partial charge is 0.354 e. The SMILES string of the molecule is C[Si]1(C)c2ccccc2-c2ccc3ccc4c5ccccc5[nH]c4c3c21. The molecule has 1 aliphatic rings. The van der Waals surface area contributed by atoms with Gasteiger partial charge in [0.15, 0.2) is 0 Å². The molecule has 0 spiro atoms. The van der Waals surface area contributed by atoms with Gasteiger partial charge >= 0.3 is 0 Å². The lowest BCUT2D eigenvalue weighted by Gasteiger charge is -2.21. The average molecular weight is 350 g/mol. The number of rotatable bonds is 0. The first kappa shape index (κ1) is 14.3. The van der Waals surface area contributed by atoms with E-state index < -0.39 is 8.07 Å². The number of hydrogen-bond donors (Lipinski definition) is 1. The zero-order chi connectivity index (χ0) is 17.5. The second-order valence-electron chi connectivity index (χ2n) is 7.92. The first-order valence-corrected chi connectivity index (χ1v) is 12.2. The van der Waals surface area contributed by atoms with Crippen LogP contribution < -0.4 is 10.4 Å². The molecule has 0 fully saturated rings.